The van der Waals surface area contributed by atoms with Crippen LogP contribution in [-0.4, -0.2) is 29.3 Å². The number of aliphatic carboxylic acids is 1. The van der Waals surface area contributed by atoms with Crippen LogP contribution in [0.15, 0.2) is 12.7 Å². The van der Waals surface area contributed by atoms with Crippen molar-refractivity contribution in [3.8, 4) is 0 Å². The average molecular weight is 201 g/mol. The van der Waals surface area contributed by atoms with Gasteiger partial charge in [0, 0.05) is 6.08 Å². The van der Waals surface area contributed by atoms with Crippen LogP contribution >= 0.6 is 0 Å². The van der Waals surface area contributed by atoms with Crippen LogP contribution in [0.1, 0.15) is 0 Å². The minimum atomic E-state index is -0.981. The Morgan fingerprint density at radius 2 is 1.14 bits per heavy atom. The summed E-state index contributed by atoms with van der Waals surface area (Å²) in [5.41, 5.74) is 0. The summed E-state index contributed by atoms with van der Waals surface area (Å²) in [6, 6.07) is 0. The van der Waals surface area contributed by atoms with Crippen molar-refractivity contribution in [2.45, 2.75) is 0 Å². The molecule has 0 saturated carbocycles. The Hall–Kier alpha value is -2.65. The number of hydrogen-bond donors (Lipinski definition) is 4. The first-order valence-electron chi connectivity index (χ1n) is 2.49. The SMILES string of the molecule is C=CC(=O)O.N=C=O.N=C=O.N=C=O. The molecule has 0 aliphatic carbocycles. The molecule has 0 aromatic rings. The molecule has 0 heterocycles. The summed E-state index contributed by atoms with van der Waals surface area (Å²) >= 11 is 0. The first-order valence-corrected chi connectivity index (χ1v) is 2.49. The average Bonchev–Trinajstić information content (AvgIpc) is 2.08. The van der Waals surface area contributed by atoms with Gasteiger partial charge in [0.25, 0.3) is 0 Å². The summed E-state index contributed by atoms with van der Waals surface area (Å²) < 4.78 is 0. The van der Waals surface area contributed by atoms with Gasteiger partial charge in [-0.25, -0.2) is 35.4 Å². The predicted octanol–water partition coefficient (Wildman–Crippen LogP) is -0.0401. The zero-order valence-electron chi connectivity index (χ0n) is 6.86. The molecule has 8 heteroatoms. The van der Waals surface area contributed by atoms with Crippen LogP contribution in [-0.2, 0) is 19.2 Å². The standard InChI is InChI=1S/C3H4O2.3CHNO/c1-2-3(4)5;3*2-1-3/h2H,1H2,(H,4,5);3*2H. The molecule has 0 fully saturated rings. The van der Waals surface area contributed by atoms with Gasteiger partial charge in [0.05, 0.1) is 0 Å². The lowest BCUT2D eigenvalue weighted by atomic mass is 10.7. The molecule has 0 aliphatic heterocycles. The number of hydrogen-bond acceptors (Lipinski definition) is 7. The van der Waals surface area contributed by atoms with Crippen molar-refractivity contribution in [1.82, 2.24) is 0 Å². The van der Waals surface area contributed by atoms with Gasteiger partial charge in [0.1, 0.15) is 0 Å². The number of carboxylic acids is 1. The van der Waals surface area contributed by atoms with Crippen molar-refractivity contribution >= 4 is 24.2 Å². The van der Waals surface area contributed by atoms with E-state index in [-0.39, 0.29) is 0 Å². The fraction of sp³-hybridized carbons (Fsp3) is 0. The highest BCUT2D eigenvalue weighted by Gasteiger charge is 1.73. The molecule has 0 bridgehead atoms. The van der Waals surface area contributed by atoms with Crippen LogP contribution < -0.4 is 0 Å². The minimum Gasteiger partial charge on any atom is -0.478 e. The molecular weight excluding hydrogens is 194 g/mol. The van der Waals surface area contributed by atoms with Gasteiger partial charge in [-0.2, -0.15) is 0 Å². The van der Waals surface area contributed by atoms with Crippen LogP contribution in [0.3, 0.4) is 0 Å². The molecule has 0 saturated heterocycles. The molecule has 14 heavy (non-hydrogen) atoms. The van der Waals surface area contributed by atoms with Crippen LogP contribution in [0.4, 0.5) is 0 Å². The van der Waals surface area contributed by atoms with E-state index in [9.17, 15) is 4.79 Å². The van der Waals surface area contributed by atoms with E-state index in [1.807, 2.05) is 0 Å². The molecule has 0 radical (unpaired) electrons. The van der Waals surface area contributed by atoms with Crippen molar-refractivity contribution in [1.29, 1.82) is 16.2 Å². The normalized spacial score (nSPS) is 4.00. The quantitative estimate of drug-likeness (QED) is 0.265. The third-order valence-electron chi connectivity index (χ3n) is 0.175. The summed E-state index contributed by atoms with van der Waals surface area (Å²) in [5, 5.41) is 23.8. The number of nitrogens with one attached hydrogen (secondary N) is 3. The zero-order chi connectivity index (χ0) is 12.4. The Morgan fingerprint density at radius 1 is 1.07 bits per heavy atom. The second-order valence-electron chi connectivity index (χ2n) is 0.849. The largest absolute Gasteiger partial charge is 0.478 e. The van der Waals surface area contributed by atoms with Crippen molar-refractivity contribution < 1.29 is 24.3 Å². The van der Waals surface area contributed by atoms with Crippen molar-refractivity contribution in [2.24, 2.45) is 0 Å². The zero-order valence-corrected chi connectivity index (χ0v) is 6.86. The second kappa shape index (κ2) is 47.8. The number of carbonyl (C=O) groups excluding carboxylic acids is 3. The Morgan fingerprint density at radius 3 is 1.14 bits per heavy atom. The fourth-order valence-corrected chi connectivity index (χ4v) is 0. The number of carboxylic acid groups (broad SMARTS) is 1. The molecule has 0 unspecified atom stereocenters. The third kappa shape index (κ3) is 1540. The van der Waals surface area contributed by atoms with Gasteiger partial charge in [-0.1, -0.05) is 6.58 Å². The summed E-state index contributed by atoms with van der Waals surface area (Å²) in [5.74, 6) is -0.981. The first-order chi connectivity index (χ1) is 6.51. The summed E-state index contributed by atoms with van der Waals surface area (Å²) in [6.07, 6.45) is 3.08. The number of isocyanates is 3. The number of carbonyl (C=O) groups is 1. The van der Waals surface area contributed by atoms with E-state index in [0.717, 1.165) is 24.3 Å². The van der Waals surface area contributed by atoms with Crippen molar-refractivity contribution in [2.75, 3.05) is 0 Å². The molecule has 0 rings (SSSR count). The van der Waals surface area contributed by atoms with Gasteiger partial charge < -0.3 is 5.11 Å². The molecule has 0 amide bonds. The Kier molecular flexibility index (Phi) is 76.9. The Bertz CT molecular complexity index is 214. The van der Waals surface area contributed by atoms with Crippen molar-refractivity contribution in [3.05, 3.63) is 12.7 Å². The maximum Gasteiger partial charge on any atom is 0.327 e. The minimum absolute atomic E-state index is 0.750. The molecule has 0 aromatic heterocycles. The molecule has 0 aromatic carbocycles. The fourth-order valence-electron chi connectivity index (χ4n) is 0. The molecule has 0 spiro atoms. The number of rotatable bonds is 1. The summed E-state index contributed by atoms with van der Waals surface area (Å²) in [7, 11) is 0. The van der Waals surface area contributed by atoms with Gasteiger partial charge in [-0.05, 0) is 0 Å². The Labute approximate surface area is 78.4 Å². The summed E-state index contributed by atoms with van der Waals surface area (Å²) in [6.45, 7) is 2.96. The van der Waals surface area contributed by atoms with Crippen LogP contribution in [0, 0.1) is 16.2 Å². The van der Waals surface area contributed by atoms with Gasteiger partial charge in [-0.3, -0.25) is 0 Å². The lowest BCUT2D eigenvalue weighted by Gasteiger charge is -1.64. The second-order valence-corrected chi connectivity index (χ2v) is 0.849. The lowest BCUT2D eigenvalue weighted by Crippen LogP contribution is -1.82. The molecular formula is C6H7N3O5. The van der Waals surface area contributed by atoms with E-state index in [4.69, 9.17) is 35.7 Å². The molecule has 8 nitrogen and oxygen atoms in total. The van der Waals surface area contributed by atoms with Gasteiger partial charge in [0.2, 0.25) is 18.2 Å². The van der Waals surface area contributed by atoms with E-state index >= 15 is 0 Å². The highest BCUT2D eigenvalue weighted by Crippen LogP contribution is 1.54. The van der Waals surface area contributed by atoms with E-state index in [0.29, 0.717) is 0 Å². The predicted molar refractivity (Wildman–Crippen MR) is 43.1 cm³/mol. The maximum atomic E-state index is 9.25. The van der Waals surface area contributed by atoms with Crippen LogP contribution in [0.25, 0.3) is 0 Å². The molecule has 0 aliphatic rings. The topological polar surface area (TPSA) is 160 Å². The monoisotopic (exact) mass is 201 g/mol. The molecule has 4 N–H and O–H groups in total. The van der Waals surface area contributed by atoms with E-state index in [1.165, 1.54) is 0 Å². The van der Waals surface area contributed by atoms with E-state index in [1.54, 1.807) is 0 Å². The highest BCUT2D eigenvalue weighted by atomic mass is 16.4. The van der Waals surface area contributed by atoms with Crippen LogP contribution in [0.2, 0.25) is 0 Å². The highest BCUT2D eigenvalue weighted by molar-refractivity contribution is 5.78. The van der Waals surface area contributed by atoms with Gasteiger partial charge >= 0.3 is 5.97 Å². The Balaban J connectivity index is -0.0000000495. The van der Waals surface area contributed by atoms with E-state index < -0.39 is 5.97 Å². The van der Waals surface area contributed by atoms with Gasteiger partial charge in [-0.15, -0.1) is 0 Å². The van der Waals surface area contributed by atoms with E-state index in [2.05, 4.69) is 6.58 Å². The third-order valence-corrected chi connectivity index (χ3v) is 0.175. The van der Waals surface area contributed by atoms with Crippen molar-refractivity contribution in [3.63, 3.8) is 0 Å². The smallest absolute Gasteiger partial charge is 0.327 e. The first kappa shape index (κ1) is 22.5. The van der Waals surface area contributed by atoms with Gasteiger partial charge in [0.15, 0.2) is 0 Å². The van der Waals surface area contributed by atoms with Crippen LogP contribution in [0.5, 0.6) is 0 Å². The summed E-state index contributed by atoms with van der Waals surface area (Å²) in [4.78, 5) is 34.3. The maximum absolute atomic E-state index is 9.25. The molecule has 76 valence electrons. The molecule has 0 atom stereocenters. The lowest BCUT2D eigenvalue weighted by molar-refractivity contribution is -0.131.